The van der Waals surface area contributed by atoms with E-state index in [0.29, 0.717) is 24.7 Å². The van der Waals surface area contributed by atoms with E-state index in [1.54, 1.807) is 6.07 Å². The molecule has 0 bridgehead atoms. The number of benzene rings is 2. The second-order valence-electron chi connectivity index (χ2n) is 11.0. The van der Waals surface area contributed by atoms with Crippen molar-refractivity contribution in [2.45, 2.75) is 101 Å². The van der Waals surface area contributed by atoms with Crippen molar-refractivity contribution in [1.82, 2.24) is 14.9 Å². The van der Waals surface area contributed by atoms with Gasteiger partial charge in [-0.1, -0.05) is 56.5 Å². The minimum absolute atomic E-state index is 0.142. The Morgan fingerprint density at radius 1 is 1.15 bits per heavy atom. The van der Waals surface area contributed by atoms with Gasteiger partial charge in [0.1, 0.15) is 22.7 Å². The second kappa shape index (κ2) is 12.7. The lowest BCUT2D eigenvalue weighted by Crippen LogP contribution is -2.40. The molecule has 2 N–H and O–H groups in total. The van der Waals surface area contributed by atoms with Gasteiger partial charge in [0, 0.05) is 24.6 Å². The number of carbonyl (C=O) groups excluding carboxylic acids is 2. The number of rotatable bonds is 12. The van der Waals surface area contributed by atoms with Crippen LogP contribution in [0.15, 0.2) is 52.4 Å². The van der Waals surface area contributed by atoms with Gasteiger partial charge < -0.3 is 14.6 Å². The monoisotopic (exact) mass is 564 g/mol. The number of urea groups is 1. The largest absolute Gasteiger partial charge is 0.588 e. The number of hydrogen-bond donors (Lipinski definition) is 2. The van der Waals surface area contributed by atoms with Gasteiger partial charge in [0.2, 0.25) is 0 Å². The highest BCUT2D eigenvalue weighted by Gasteiger charge is 2.49. The minimum Gasteiger partial charge on any atom is -0.588 e. The summed E-state index contributed by atoms with van der Waals surface area (Å²) < 4.78 is 21.6. The van der Waals surface area contributed by atoms with Crippen molar-refractivity contribution in [2.24, 2.45) is 4.99 Å². The Labute approximate surface area is 240 Å². The van der Waals surface area contributed by atoms with E-state index in [4.69, 9.17) is 9.73 Å². The SMILES string of the molecule is CCCCC1=NC2(CCCC2)C(=O)N1Cc1ccc(-c2ccccc2[S+]([O-])NC(=O)NC2CC2)c(COCC)c1. The molecular formula is C31H40N4O4S. The number of hydrogen-bond acceptors (Lipinski definition) is 5. The van der Waals surface area contributed by atoms with Gasteiger partial charge in [0.05, 0.1) is 13.2 Å². The van der Waals surface area contributed by atoms with E-state index < -0.39 is 22.9 Å². The van der Waals surface area contributed by atoms with Gasteiger partial charge in [-0.2, -0.15) is 0 Å². The Morgan fingerprint density at radius 2 is 1.93 bits per heavy atom. The van der Waals surface area contributed by atoms with Crippen LogP contribution in [-0.4, -0.2) is 45.4 Å². The number of nitrogens with zero attached hydrogens (tertiary/aromatic N) is 2. The number of aliphatic imine (C=N–C) groups is 1. The molecule has 1 heterocycles. The van der Waals surface area contributed by atoms with Crippen molar-refractivity contribution in [3.05, 3.63) is 53.6 Å². The van der Waals surface area contributed by atoms with Crippen LogP contribution < -0.4 is 10.0 Å². The third-order valence-corrected chi connectivity index (χ3v) is 9.06. The van der Waals surface area contributed by atoms with Gasteiger partial charge in [0.15, 0.2) is 4.90 Å². The van der Waals surface area contributed by atoms with E-state index in [9.17, 15) is 14.1 Å². The predicted octanol–water partition coefficient (Wildman–Crippen LogP) is 5.62. The molecule has 40 heavy (non-hydrogen) atoms. The highest BCUT2D eigenvalue weighted by molar-refractivity contribution is 7.90. The van der Waals surface area contributed by atoms with Crippen molar-refractivity contribution in [3.8, 4) is 11.1 Å². The van der Waals surface area contributed by atoms with E-state index >= 15 is 0 Å². The molecule has 9 heteroatoms. The zero-order valence-corrected chi connectivity index (χ0v) is 24.4. The van der Waals surface area contributed by atoms with Crippen LogP contribution in [0.25, 0.3) is 11.1 Å². The first-order valence-corrected chi connectivity index (χ1v) is 15.8. The first-order valence-electron chi connectivity index (χ1n) is 14.6. The Morgan fingerprint density at radius 3 is 2.65 bits per heavy atom. The van der Waals surface area contributed by atoms with Crippen molar-refractivity contribution < 1.29 is 18.9 Å². The maximum Gasteiger partial charge on any atom is 0.356 e. The second-order valence-corrected chi connectivity index (χ2v) is 12.2. The standard InChI is InChI=1S/C31H40N4O4S/c1-3-5-12-28-33-31(17-8-9-18-31)29(36)35(28)20-22-13-16-25(23(19-22)21-39-4-2)26-10-6-7-11-27(26)40(38)34-30(37)32-24-14-15-24/h6-7,10-11,13,16,19,24H,3-5,8-9,12,14-15,17-18,20-21H2,1-2H3,(H2,32,34,37). The van der Waals surface area contributed by atoms with Crippen LogP contribution in [0.2, 0.25) is 0 Å². The zero-order valence-electron chi connectivity index (χ0n) is 23.5. The lowest BCUT2D eigenvalue weighted by Gasteiger charge is -2.23. The lowest BCUT2D eigenvalue weighted by molar-refractivity contribution is -0.131. The molecule has 0 radical (unpaired) electrons. The van der Waals surface area contributed by atoms with Crippen molar-refractivity contribution >= 4 is 29.1 Å². The third kappa shape index (κ3) is 6.37. The van der Waals surface area contributed by atoms with Crippen LogP contribution in [0, 0.1) is 0 Å². The zero-order chi connectivity index (χ0) is 28.1. The van der Waals surface area contributed by atoms with Gasteiger partial charge in [0.25, 0.3) is 5.91 Å². The normalized spacial score (nSPS) is 18.7. The van der Waals surface area contributed by atoms with Crippen LogP contribution in [0.4, 0.5) is 4.79 Å². The van der Waals surface area contributed by atoms with E-state index in [0.717, 1.165) is 85.9 Å². The molecule has 214 valence electrons. The molecule has 1 aliphatic heterocycles. The van der Waals surface area contributed by atoms with E-state index in [-0.39, 0.29) is 11.9 Å². The van der Waals surface area contributed by atoms with Crippen LogP contribution in [-0.2, 0) is 34.0 Å². The summed E-state index contributed by atoms with van der Waals surface area (Å²) in [6.07, 6.45) is 8.57. The summed E-state index contributed by atoms with van der Waals surface area (Å²) >= 11 is -1.73. The molecular weight excluding hydrogens is 524 g/mol. The fourth-order valence-electron chi connectivity index (χ4n) is 5.65. The molecule has 0 saturated heterocycles. The predicted molar refractivity (Wildman–Crippen MR) is 157 cm³/mol. The first kappa shape index (κ1) is 28.6. The molecule has 8 nitrogen and oxygen atoms in total. The molecule has 5 rings (SSSR count). The van der Waals surface area contributed by atoms with Gasteiger partial charge in [-0.05, 0) is 67.9 Å². The number of ether oxygens (including phenoxy) is 1. The molecule has 1 spiro atoms. The Hall–Kier alpha value is -2.88. The summed E-state index contributed by atoms with van der Waals surface area (Å²) in [5.41, 5.74) is 3.07. The van der Waals surface area contributed by atoms with Gasteiger partial charge in [-0.15, -0.1) is 4.72 Å². The molecule has 2 aromatic rings. The number of amidine groups is 1. The quantitative estimate of drug-likeness (QED) is 0.327. The summed E-state index contributed by atoms with van der Waals surface area (Å²) in [4.78, 5) is 33.4. The van der Waals surface area contributed by atoms with E-state index in [2.05, 4.69) is 23.0 Å². The summed E-state index contributed by atoms with van der Waals surface area (Å²) in [6, 6.07) is 13.3. The van der Waals surface area contributed by atoms with Crippen LogP contribution in [0.3, 0.4) is 0 Å². The van der Waals surface area contributed by atoms with Crippen LogP contribution in [0.5, 0.6) is 0 Å². The minimum atomic E-state index is -1.73. The number of amides is 3. The number of nitrogens with one attached hydrogen (secondary N) is 2. The van der Waals surface area contributed by atoms with Gasteiger partial charge in [-0.25, -0.2) is 4.79 Å². The van der Waals surface area contributed by atoms with Gasteiger partial charge in [-0.3, -0.25) is 14.7 Å². The smallest absolute Gasteiger partial charge is 0.356 e. The molecule has 2 fully saturated rings. The molecule has 2 aliphatic carbocycles. The summed E-state index contributed by atoms with van der Waals surface area (Å²) in [5, 5.41) is 2.83. The third-order valence-electron chi connectivity index (χ3n) is 7.93. The van der Waals surface area contributed by atoms with Crippen molar-refractivity contribution in [1.29, 1.82) is 0 Å². The fraction of sp³-hybridized carbons (Fsp3) is 0.516. The van der Waals surface area contributed by atoms with Crippen LogP contribution in [0.1, 0.15) is 82.8 Å². The summed E-state index contributed by atoms with van der Waals surface area (Å²) in [5.74, 6) is 1.06. The maximum absolute atomic E-state index is 13.6. The summed E-state index contributed by atoms with van der Waals surface area (Å²) in [6.45, 7) is 5.52. The average Bonchev–Trinajstić information content (AvgIpc) is 3.58. The maximum atomic E-state index is 13.6. The number of unbranched alkanes of at least 4 members (excludes halogenated alkanes) is 1. The van der Waals surface area contributed by atoms with Crippen LogP contribution >= 0.6 is 0 Å². The fourth-order valence-corrected chi connectivity index (χ4v) is 6.57. The Balaban J connectivity index is 1.41. The first-order chi connectivity index (χ1) is 19.4. The molecule has 1 atom stereocenters. The average molecular weight is 565 g/mol. The Kier molecular flexibility index (Phi) is 9.13. The number of carbonyl (C=O) groups is 2. The molecule has 3 aliphatic rings. The molecule has 0 aromatic heterocycles. The Bertz CT molecular complexity index is 1260. The summed E-state index contributed by atoms with van der Waals surface area (Å²) in [7, 11) is 0. The molecule has 2 aromatic carbocycles. The molecule has 3 amide bonds. The van der Waals surface area contributed by atoms with E-state index in [1.807, 2.05) is 42.2 Å². The topological polar surface area (TPSA) is 106 Å². The lowest BCUT2D eigenvalue weighted by atomic mass is 9.96. The molecule has 2 saturated carbocycles. The van der Waals surface area contributed by atoms with Gasteiger partial charge >= 0.3 is 6.03 Å². The molecule has 1 unspecified atom stereocenters. The van der Waals surface area contributed by atoms with E-state index in [1.165, 1.54) is 0 Å². The highest BCUT2D eigenvalue weighted by Crippen LogP contribution is 2.40. The van der Waals surface area contributed by atoms with Crippen molar-refractivity contribution in [3.63, 3.8) is 0 Å². The van der Waals surface area contributed by atoms with Crippen molar-refractivity contribution in [2.75, 3.05) is 6.61 Å². The highest BCUT2D eigenvalue weighted by atomic mass is 32.2.